The number of nitrogens with zero attached hydrogens (tertiary/aromatic N) is 3. The van der Waals surface area contributed by atoms with Gasteiger partial charge in [0.2, 0.25) is 0 Å². The Morgan fingerprint density at radius 2 is 2.11 bits per heavy atom. The van der Waals surface area contributed by atoms with Gasteiger partial charge in [0.15, 0.2) is 0 Å². The van der Waals surface area contributed by atoms with E-state index in [0.29, 0.717) is 13.2 Å². The molecule has 5 heteroatoms. The fourth-order valence-corrected chi connectivity index (χ4v) is 2.06. The van der Waals surface area contributed by atoms with Crippen LogP contribution < -0.4 is 4.90 Å². The van der Waals surface area contributed by atoms with E-state index in [-0.39, 0.29) is 6.61 Å². The summed E-state index contributed by atoms with van der Waals surface area (Å²) in [6.07, 6.45) is 1.71. The minimum atomic E-state index is 0.102. The molecule has 99 valence electrons. The highest BCUT2D eigenvalue weighted by atomic mass is 16.5. The van der Waals surface area contributed by atoms with Crippen LogP contribution in [0.15, 0.2) is 18.3 Å². The summed E-state index contributed by atoms with van der Waals surface area (Å²) < 4.78 is 5.28. The standard InChI is InChI=1S/C13H20N3O2/c17-10-12-18-11-9-15-5-7-16(8-6-15)13-3-1-2-4-14-13/h1,3-4,17H,5-12H2. The molecule has 0 unspecified atom stereocenters. The highest BCUT2D eigenvalue weighted by Crippen LogP contribution is 2.11. The second-order valence-electron chi connectivity index (χ2n) is 4.28. The average molecular weight is 250 g/mol. The van der Waals surface area contributed by atoms with Gasteiger partial charge in [-0.05, 0) is 12.1 Å². The zero-order chi connectivity index (χ0) is 12.6. The number of aliphatic hydroxyl groups is 1. The maximum Gasteiger partial charge on any atom is 0.128 e. The largest absolute Gasteiger partial charge is 0.394 e. The van der Waals surface area contributed by atoms with Gasteiger partial charge in [-0.15, -0.1) is 0 Å². The Kier molecular flexibility index (Phi) is 5.38. The van der Waals surface area contributed by atoms with E-state index in [9.17, 15) is 0 Å². The molecule has 1 radical (unpaired) electrons. The van der Waals surface area contributed by atoms with E-state index in [4.69, 9.17) is 9.84 Å². The van der Waals surface area contributed by atoms with E-state index >= 15 is 0 Å². The fourth-order valence-electron chi connectivity index (χ4n) is 2.06. The molecule has 1 aliphatic heterocycles. The molecule has 1 aromatic heterocycles. The maximum absolute atomic E-state index is 8.61. The summed E-state index contributed by atoms with van der Waals surface area (Å²) in [5.41, 5.74) is 0. The van der Waals surface area contributed by atoms with E-state index in [1.807, 2.05) is 12.1 Å². The Morgan fingerprint density at radius 3 is 2.78 bits per heavy atom. The van der Waals surface area contributed by atoms with Crippen LogP contribution in [0.1, 0.15) is 0 Å². The van der Waals surface area contributed by atoms with E-state index in [1.165, 1.54) is 0 Å². The third-order valence-electron chi connectivity index (χ3n) is 3.08. The molecular weight excluding hydrogens is 230 g/mol. The molecule has 0 atom stereocenters. The van der Waals surface area contributed by atoms with Gasteiger partial charge in [0.05, 0.1) is 19.8 Å². The topological polar surface area (TPSA) is 48.8 Å². The lowest BCUT2D eigenvalue weighted by Gasteiger charge is -2.35. The maximum atomic E-state index is 8.61. The molecule has 2 heterocycles. The number of hydrogen-bond donors (Lipinski definition) is 1. The summed E-state index contributed by atoms with van der Waals surface area (Å²) in [6.45, 7) is 6.22. The van der Waals surface area contributed by atoms with Crippen LogP contribution in [-0.2, 0) is 4.74 Å². The third kappa shape index (κ3) is 3.94. The van der Waals surface area contributed by atoms with Crippen LogP contribution in [0, 0.1) is 6.07 Å². The van der Waals surface area contributed by atoms with Crippen LogP contribution in [-0.4, -0.2) is 67.5 Å². The molecule has 0 aliphatic carbocycles. The monoisotopic (exact) mass is 250 g/mol. The summed E-state index contributed by atoms with van der Waals surface area (Å²) in [5, 5.41) is 8.61. The molecule has 1 aromatic rings. The first-order valence-corrected chi connectivity index (χ1v) is 6.38. The summed E-state index contributed by atoms with van der Waals surface area (Å²) >= 11 is 0. The van der Waals surface area contributed by atoms with Crippen LogP contribution in [0.5, 0.6) is 0 Å². The van der Waals surface area contributed by atoms with Crippen LogP contribution in [0.4, 0.5) is 5.82 Å². The molecule has 1 N–H and O–H groups in total. The molecule has 0 saturated carbocycles. The number of anilines is 1. The smallest absolute Gasteiger partial charge is 0.128 e. The number of aliphatic hydroxyl groups excluding tert-OH is 1. The van der Waals surface area contributed by atoms with Gasteiger partial charge in [-0.25, -0.2) is 4.98 Å². The zero-order valence-electron chi connectivity index (χ0n) is 10.6. The second-order valence-corrected chi connectivity index (χ2v) is 4.28. The number of pyridine rings is 1. The van der Waals surface area contributed by atoms with E-state index in [0.717, 1.165) is 38.5 Å². The zero-order valence-corrected chi connectivity index (χ0v) is 10.6. The first-order valence-electron chi connectivity index (χ1n) is 6.38. The number of ether oxygens (including phenoxy) is 1. The number of hydrogen-bond acceptors (Lipinski definition) is 5. The van der Waals surface area contributed by atoms with Crippen molar-refractivity contribution in [3.63, 3.8) is 0 Å². The van der Waals surface area contributed by atoms with Crippen molar-refractivity contribution in [3.05, 3.63) is 24.4 Å². The van der Waals surface area contributed by atoms with E-state index in [2.05, 4.69) is 20.9 Å². The van der Waals surface area contributed by atoms with Gasteiger partial charge in [-0.2, -0.15) is 0 Å². The number of aromatic nitrogens is 1. The normalized spacial score (nSPS) is 17.1. The molecule has 5 nitrogen and oxygen atoms in total. The molecule has 0 spiro atoms. The minimum absolute atomic E-state index is 0.102. The molecule has 18 heavy (non-hydrogen) atoms. The molecule has 0 amide bonds. The average Bonchev–Trinajstić information content (AvgIpc) is 2.45. The summed E-state index contributed by atoms with van der Waals surface area (Å²) in [5.74, 6) is 1.03. The molecule has 0 bridgehead atoms. The summed E-state index contributed by atoms with van der Waals surface area (Å²) in [4.78, 5) is 8.98. The number of rotatable bonds is 6. The predicted molar refractivity (Wildman–Crippen MR) is 69.6 cm³/mol. The second kappa shape index (κ2) is 7.31. The van der Waals surface area contributed by atoms with Gasteiger partial charge in [0, 0.05) is 45.0 Å². The van der Waals surface area contributed by atoms with Crippen molar-refractivity contribution in [1.82, 2.24) is 9.88 Å². The van der Waals surface area contributed by atoms with Crippen molar-refractivity contribution in [2.75, 3.05) is 57.4 Å². The minimum Gasteiger partial charge on any atom is -0.394 e. The Morgan fingerprint density at radius 1 is 1.28 bits per heavy atom. The van der Waals surface area contributed by atoms with Crippen molar-refractivity contribution >= 4 is 5.82 Å². The lowest BCUT2D eigenvalue weighted by atomic mass is 10.3. The SMILES string of the molecule is OCCOCCN1CCN(c2cc[c]cn2)CC1. The molecule has 1 aliphatic rings. The molecular formula is C13H20N3O2. The molecule has 0 aromatic carbocycles. The summed E-state index contributed by atoms with van der Waals surface area (Å²) in [6, 6.07) is 6.84. The first-order chi connectivity index (χ1) is 8.90. The van der Waals surface area contributed by atoms with Crippen LogP contribution in [0.2, 0.25) is 0 Å². The fraction of sp³-hybridized carbons (Fsp3) is 0.615. The highest BCUT2D eigenvalue weighted by molar-refractivity contribution is 5.37. The van der Waals surface area contributed by atoms with Crippen molar-refractivity contribution in [3.8, 4) is 0 Å². The van der Waals surface area contributed by atoms with Crippen molar-refractivity contribution in [2.24, 2.45) is 0 Å². The van der Waals surface area contributed by atoms with Gasteiger partial charge in [-0.3, -0.25) is 4.90 Å². The van der Waals surface area contributed by atoms with Gasteiger partial charge < -0.3 is 14.7 Å². The predicted octanol–water partition coefficient (Wildman–Crippen LogP) is 0.0127. The number of piperazine rings is 1. The highest BCUT2D eigenvalue weighted by Gasteiger charge is 2.17. The Hall–Kier alpha value is -1.17. The quantitative estimate of drug-likeness (QED) is 0.721. The lowest BCUT2D eigenvalue weighted by Crippen LogP contribution is -2.47. The van der Waals surface area contributed by atoms with E-state index in [1.54, 1.807) is 6.20 Å². The van der Waals surface area contributed by atoms with Crippen LogP contribution in [0.25, 0.3) is 0 Å². The van der Waals surface area contributed by atoms with Gasteiger partial charge in [0.25, 0.3) is 0 Å². The van der Waals surface area contributed by atoms with Crippen LogP contribution in [0.3, 0.4) is 0 Å². The first kappa shape index (κ1) is 13.3. The lowest BCUT2D eigenvalue weighted by molar-refractivity contribution is 0.0724. The Balaban J connectivity index is 1.68. The van der Waals surface area contributed by atoms with Gasteiger partial charge >= 0.3 is 0 Å². The van der Waals surface area contributed by atoms with Gasteiger partial charge in [-0.1, -0.05) is 0 Å². The third-order valence-corrected chi connectivity index (χ3v) is 3.08. The Bertz CT molecular complexity index is 326. The summed E-state index contributed by atoms with van der Waals surface area (Å²) in [7, 11) is 0. The van der Waals surface area contributed by atoms with E-state index < -0.39 is 0 Å². The molecule has 2 rings (SSSR count). The van der Waals surface area contributed by atoms with Gasteiger partial charge in [0.1, 0.15) is 5.82 Å². The van der Waals surface area contributed by atoms with Crippen molar-refractivity contribution in [1.29, 1.82) is 0 Å². The van der Waals surface area contributed by atoms with Crippen molar-refractivity contribution in [2.45, 2.75) is 0 Å². The van der Waals surface area contributed by atoms with Crippen molar-refractivity contribution < 1.29 is 9.84 Å². The molecule has 1 fully saturated rings. The Labute approximate surface area is 108 Å². The van der Waals surface area contributed by atoms with Crippen LogP contribution >= 0.6 is 0 Å². The molecule has 1 saturated heterocycles.